The maximum atomic E-state index is 11.4. The Labute approximate surface area is 145 Å². The lowest BCUT2D eigenvalue weighted by Crippen LogP contribution is -2.57. The zero-order valence-corrected chi connectivity index (χ0v) is 15.1. The number of fused-ring (bicyclic) bond motifs is 3. The molecule has 2 nitrogen and oxygen atoms in total. The van der Waals surface area contributed by atoms with Crippen LogP contribution in [0.4, 0.5) is 0 Å². The lowest BCUT2D eigenvalue weighted by Gasteiger charge is -2.55. The van der Waals surface area contributed by atoms with Gasteiger partial charge < -0.3 is 10.0 Å². The lowest BCUT2D eigenvalue weighted by molar-refractivity contribution is -0.0887. The molecule has 0 heterocycles. The van der Waals surface area contributed by atoms with Crippen molar-refractivity contribution in [1.82, 2.24) is 4.90 Å². The Kier molecular flexibility index (Phi) is 5.49. The highest BCUT2D eigenvalue weighted by Crippen LogP contribution is 2.55. The summed E-state index contributed by atoms with van der Waals surface area (Å²) in [7, 11) is 4.22. The van der Waals surface area contributed by atoms with Gasteiger partial charge in [0, 0.05) is 10.4 Å². The van der Waals surface area contributed by atoms with E-state index in [2.05, 4.69) is 31.1 Å². The maximum Gasteiger partial charge on any atom is 0.0747 e. The van der Waals surface area contributed by atoms with Gasteiger partial charge in [-0.25, -0.2) is 0 Å². The second-order valence-corrected chi connectivity index (χ2v) is 7.61. The largest absolute Gasteiger partial charge is 0.389 e. The fourth-order valence-corrected chi connectivity index (χ4v) is 4.70. The third kappa shape index (κ3) is 2.91. The van der Waals surface area contributed by atoms with Crippen molar-refractivity contribution in [1.29, 1.82) is 0 Å². The molecule has 124 valence electrons. The van der Waals surface area contributed by atoms with E-state index in [4.69, 9.17) is 11.6 Å². The molecule has 22 heavy (non-hydrogen) atoms. The van der Waals surface area contributed by atoms with Crippen LogP contribution in [0, 0.1) is 0 Å². The molecule has 0 aromatic heterocycles. The minimum atomic E-state index is -0.543. The predicted molar refractivity (Wildman–Crippen MR) is 95.3 cm³/mol. The smallest absolute Gasteiger partial charge is 0.0747 e. The first-order chi connectivity index (χ1) is 9.97. The van der Waals surface area contributed by atoms with E-state index in [1.54, 1.807) is 0 Å². The minimum Gasteiger partial charge on any atom is -0.389 e. The highest BCUT2D eigenvalue weighted by atomic mass is 35.5. The van der Waals surface area contributed by atoms with Crippen molar-refractivity contribution >= 4 is 24.0 Å². The first-order valence-electron chi connectivity index (χ1n) is 8.13. The van der Waals surface area contributed by atoms with Crippen molar-refractivity contribution in [3.05, 3.63) is 34.3 Å². The van der Waals surface area contributed by atoms with Gasteiger partial charge in [0.05, 0.1) is 5.60 Å². The second kappa shape index (κ2) is 6.68. The van der Waals surface area contributed by atoms with E-state index >= 15 is 0 Å². The topological polar surface area (TPSA) is 23.5 Å². The van der Waals surface area contributed by atoms with E-state index in [0.717, 1.165) is 50.1 Å². The monoisotopic (exact) mass is 343 g/mol. The molecular weight excluding hydrogens is 317 g/mol. The quantitative estimate of drug-likeness (QED) is 0.888. The summed E-state index contributed by atoms with van der Waals surface area (Å²) < 4.78 is 0. The summed E-state index contributed by atoms with van der Waals surface area (Å²) in [5.74, 6) is 0. The molecule has 1 aromatic rings. The zero-order chi connectivity index (χ0) is 15.1. The molecule has 2 aliphatic rings. The molecule has 0 bridgehead atoms. The summed E-state index contributed by atoms with van der Waals surface area (Å²) in [6.07, 6.45) is 7.28. The van der Waals surface area contributed by atoms with Crippen molar-refractivity contribution in [3.8, 4) is 0 Å². The van der Waals surface area contributed by atoms with Gasteiger partial charge in [-0.05, 0) is 76.0 Å². The van der Waals surface area contributed by atoms with Crippen LogP contribution in [0.25, 0.3) is 0 Å². The number of hydrogen-bond donors (Lipinski definition) is 1. The molecule has 1 N–H and O–H groups in total. The Morgan fingerprint density at radius 3 is 2.64 bits per heavy atom. The molecule has 1 fully saturated rings. The molecular formula is C18H27Cl2NO. The maximum absolute atomic E-state index is 11.4. The molecule has 0 amide bonds. The van der Waals surface area contributed by atoms with Gasteiger partial charge in [-0.2, -0.15) is 0 Å². The highest BCUT2D eigenvalue weighted by Gasteiger charge is 2.54. The molecule has 3 rings (SSSR count). The first kappa shape index (κ1) is 18.1. The van der Waals surface area contributed by atoms with E-state index in [0.29, 0.717) is 0 Å². The molecule has 0 saturated heterocycles. The highest BCUT2D eigenvalue weighted by molar-refractivity contribution is 6.30. The summed E-state index contributed by atoms with van der Waals surface area (Å²) >= 11 is 6.29. The van der Waals surface area contributed by atoms with Gasteiger partial charge in [-0.1, -0.05) is 30.5 Å². The Bertz CT molecular complexity index is 534. The third-order valence-electron chi connectivity index (χ3n) is 5.72. The van der Waals surface area contributed by atoms with Crippen LogP contribution in [-0.2, 0) is 11.8 Å². The van der Waals surface area contributed by atoms with Crippen LogP contribution in [0.2, 0.25) is 5.02 Å². The Morgan fingerprint density at radius 1 is 1.18 bits per heavy atom. The molecule has 2 aliphatic carbocycles. The van der Waals surface area contributed by atoms with Gasteiger partial charge in [0.15, 0.2) is 0 Å². The second-order valence-electron chi connectivity index (χ2n) is 7.18. The van der Waals surface area contributed by atoms with Gasteiger partial charge in [0.2, 0.25) is 0 Å². The van der Waals surface area contributed by atoms with Crippen molar-refractivity contribution in [3.63, 3.8) is 0 Å². The summed E-state index contributed by atoms with van der Waals surface area (Å²) in [6.45, 7) is 1.01. The van der Waals surface area contributed by atoms with Gasteiger partial charge in [-0.3, -0.25) is 0 Å². The van der Waals surface area contributed by atoms with Crippen LogP contribution in [-0.4, -0.2) is 36.2 Å². The average molecular weight is 344 g/mol. The standard InChI is InChI=1S/C18H26ClNO.ClH/c1-20(2)12-11-17-8-3-4-9-18(17,21)10-7-14-5-6-15(19)13-16(14)17;/h5-6,13,21H,3-4,7-12H2,1-2H3;1H/t17-,18+;/m0./s1. The minimum absolute atomic E-state index is 0. The molecule has 0 spiro atoms. The fraction of sp³-hybridized carbons (Fsp3) is 0.667. The van der Waals surface area contributed by atoms with Crippen molar-refractivity contribution in [2.45, 2.75) is 56.0 Å². The number of hydrogen-bond acceptors (Lipinski definition) is 2. The van der Waals surface area contributed by atoms with Crippen molar-refractivity contribution < 1.29 is 5.11 Å². The molecule has 1 saturated carbocycles. The summed E-state index contributed by atoms with van der Waals surface area (Å²) in [4.78, 5) is 2.22. The van der Waals surface area contributed by atoms with Gasteiger partial charge in [0.1, 0.15) is 0 Å². The molecule has 0 unspecified atom stereocenters. The van der Waals surface area contributed by atoms with Crippen LogP contribution >= 0.6 is 24.0 Å². The first-order valence-corrected chi connectivity index (χ1v) is 8.51. The van der Waals surface area contributed by atoms with Crippen LogP contribution < -0.4 is 0 Å². The van der Waals surface area contributed by atoms with E-state index < -0.39 is 5.60 Å². The summed E-state index contributed by atoms with van der Waals surface area (Å²) in [5.41, 5.74) is 2.07. The number of rotatable bonds is 3. The van der Waals surface area contributed by atoms with E-state index in [1.807, 2.05) is 6.07 Å². The number of nitrogens with zero attached hydrogens (tertiary/aromatic N) is 1. The van der Waals surface area contributed by atoms with Crippen LogP contribution in [0.5, 0.6) is 0 Å². The van der Waals surface area contributed by atoms with E-state index in [1.165, 1.54) is 17.5 Å². The van der Waals surface area contributed by atoms with Crippen molar-refractivity contribution in [2.24, 2.45) is 0 Å². The number of aliphatic hydroxyl groups is 1. The number of halogens is 2. The molecule has 1 aromatic carbocycles. The predicted octanol–water partition coefficient (Wildman–Crippen LogP) is 4.20. The Balaban J connectivity index is 0.00000176. The van der Waals surface area contributed by atoms with Gasteiger partial charge in [0.25, 0.3) is 0 Å². The van der Waals surface area contributed by atoms with Crippen LogP contribution in [0.1, 0.15) is 49.7 Å². The van der Waals surface area contributed by atoms with E-state index in [9.17, 15) is 5.11 Å². The third-order valence-corrected chi connectivity index (χ3v) is 5.95. The Hall–Kier alpha value is -0.280. The van der Waals surface area contributed by atoms with Crippen molar-refractivity contribution in [2.75, 3.05) is 20.6 Å². The SMILES string of the molecule is CN(C)CC[C@]12CCCC[C@@]1(O)CCc1ccc(Cl)cc12.Cl. The molecule has 0 aliphatic heterocycles. The van der Waals surface area contributed by atoms with Gasteiger partial charge >= 0.3 is 0 Å². The summed E-state index contributed by atoms with van der Waals surface area (Å²) in [5, 5.41) is 12.2. The number of benzene rings is 1. The van der Waals surface area contributed by atoms with Crippen LogP contribution in [0.3, 0.4) is 0 Å². The van der Waals surface area contributed by atoms with Gasteiger partial charge in [-0.15, -0.1) is 12.4 Å². The fourth-order valence-electron chi connectivity index (χ4n) is 4.53. The molecule has 4 heteroatoms. The summed E-state index contributed by atoms with van der Waals surface area (Å²) in [6, 6.07) is 6.29. The molecule has 2 atom stereocenters. The van der Waals surface area contributed by atoms with Crippen LogP contribution in [0.15, 0.2) is 18.2 Å². The molecule has 0 radical (unpaired) electrons. The Morgan fingerprint density at radius 2 is 1.91 bits per heavy atom. The van der Waals surface area contributed by atoms with E-state index in [-0.39, 0.29) is 17.8 Å². The average Bonchev–Trinajstić information content (AvgIpc) is 2.45. The zero-order valence-electron chi connectivity index (χ0n) is 13.6. The lowest BCUT2D eigenvalue weighted by atomic mass is 9.53. The normalized spacial score (nSPS) is 30.4. The number of aryl methyl sites for hydroxylation is 1.